The van der Waals surface area contributed by atoms with Crippen LogP contribution in [0.5, 0.6) is 0 Å². The van der Waals surface area contributed by atoms with Gasteiger partial charge >= 0.3 is 0 Å². The van der Waals surface area contributed by atoms with E-state index in [0.29, 0.717) is 6.54 Å². The lowest BCUT2D eigenvalue weighted by Crippen LogP contribution is -2.04. The second-order valence-electron chi connectivity index (χ2n) is 3.86. The van der Waals surface area contributed by atoms with Gasteiger partial charge in [-0.1, -0.05) is 18.2 Å². The molecule has 3 nitrogen and oxygen atoms in total. The van der Waals surface area contributed by atoms with Gasteiger partial charge in [-0.05, 0) is 38.3 Å². The van der Waals surface area contributed by atoms with Gasteiger partial charge in [0.15, 0.2) is 0 Å². The molecule has 2 aromatic rings. The summed E-state index contributed by atoms with van der Waals surface area (Å²) in [5.74, 6) is 0. The van der Waals surface area contributed by atoms with Crippen molar-refractivity contribution in [2.75, 3.05) is 12.8 Å². The van der Waals surface area contributed by atoms with E-state index in [1.165, 1.54) is 10.6 Å². The maximum Gasteiger partial charge on any atom is 0.103 e. The van der Waals surface area contributed by atoms with E-state index >= 15 is 0 Å². The van der Waals surface area contributed by atoms with Crippen molar-refractivity contribution in [3.63, 3.8) is 0 Å². The molecule has 17 heavy (non-hydrogen) atoms. The molecule has 0 fully saturated rings. The maximum atomic E-state index is 5.65. The molecule has 0 aliphatic rings. The Kier molecular flexibility index (Phi) is 3.86. The Labute approximate surface area is 106 Å². The zero-order chi connectivity index (χ0) is 12.3. The number of nitrogens with two attached hydrogens (primary N) is 1. The molecule has 0 radical (unpaired) electrons. The number of aromatic nitrogens is 2. The van der Waals surface area contributed by atoms with E-state index in [-0.39, 0.29) is 0 Å². The highest BCUT2D eigenvalue weighted by Gasteiger charge is 2.14. The lowest BCUT2D eigenvalue weighted by molar-refractivity contribution is 0.788. The monoisotopic (exact) mass is 247 g/mol. The highest BCUT2D eigenvalue weighted by Crippen LogP contribution is 2.26. The number of para-hydroxylation sites is 1. The van der Waals surface area contributed by atoms with Crippen LogP contribution in [-0.2, 0) is 6.42 Å². The number of benzene rings is 1. The van der Waals surface area contributed by atoms with Gasteiger partial charge in [-0.25, -0.2) is 4.68 Å². The first kappa shape index (κ1) is 12.2. The number of nitrogens with zero attached hydrogens (tertiary/aromatic N) is 2. The Morgan fingerprint density at radius 3 is 2.59 bits per heavy atom. The van der Waals surface area contributed by atoms with Crippen LogP contribution in [0, 0.1) is 6.92 Å². The number of hydrogen-bond acceptors (Lipinski definition) is 3. The molecule has 2 N–H and O–H groups in total. The maximum absolute atomic E-state index is 5.65. The third-order valence-corrected chi connectivity index (χ3v) is 3.53. The molecular formula is C13H17N3S. The van der Waals surface area contributed by atoms with Crippen molar-refractivity contribution in [3.8, 4) is 5.69 Å². The van der Waals surface area contributed by atoms with Crippen LogP contribution < -0.4 is 5.73 Å². The van der Waals surface area contributed by atoms with Crippen molar-refractivity contribution < 1.29 is 0 Å². The average Bonchev–Trinajstić information content (AvgIpc) is 2.68. The van der Waals surface area contributed by atoms with E-state index in [1.807, 2.05) is 29.8 Å². The number of thioether (sulfide) groups is 1. The smallest absolute Gasteiger partial charge is 0.103 e. The van der Waals surface area contributed by atoms with Crippen LogP contribution in [0.2, 0.25) is 0 Å². The van der Waals surface area contributed by atoms with E-state index in [2.05, 4.69) is 23.5 Å². The molecule has 0 spiro atoms. The average molecular weight is 247 g/mol. The minimum Gasteiger partial charge on any atom is -0.330 e. The van der Waals surface area contributed by atoms with Gasteiger partial charge in [-0.15, -0.1) is 11.8 Å². The van der Waals surface area contributed by atoms with Gasteiger partial charge in [-0.2, -0.15) is 5.10 Å². The van der Waals surface area contributed by atoms with Crippen LogP contribution in [0.4, 0.5) is 0 Å². The first-order valence-corrected chi connectivity index (χ1v) is 6.88. The van der Waals surface area contributed by atoms with E-state index in [1.54, 1.807) is 11.8 Å². The second-order valence-corrected chi connectivity index (χ2v) is 4.65. The SMILES string of the molecule is CSc1c(CCN)c(C)nn1-c1ccccc1. The van der Waals surface area contributed by atoms with E-state index < -0.39 is 0 Å². The van der Waals surface area contributed by atoms with Gasteiger partial charge in [-0.3, -0.25) is 0 Å². The molecule has 0 saturated heterocycles. The summed E-state index contributed by atoms with van der Waals surface area (Å²) < 4.78 is 2.00. The zero-order valence-corrected chi connectivity index (χ0v) is 11.0. The summed E-state index contributed by atoms with van der Waals surface area (Å²) in [7, 11) is 0. The van der Waals surface area contributed by atoms with Gasteiger partial charge in [0.25, 0.3) is 0 Å². The Bertz CT molecular complexity index is 491. The van der Waals surface area contributed by atoms with Crippen LogP contribution in [0.15, 0.2) is 35.4 Å². The fourth-order valence-electron chi connectivity index (χ4n) is 1.92. The van der Waals surface area contributed by atoms with Gasteiger partial charge in [0.1, 0.15) is 5.03 Å². The lowest BCUT2D eigenvalue weighted by Gasteiger charge is -2.06. The number of aryl methyl sites for hydroxylation is 1. The molecule has 0 unspecified atom stereocenters. The van der Waals surface area contributed by atoms with E-state index in [0.717, 1.165) is 17.8 Å². The molecule has 1 aromatic carbocycles. The van der Waals surface area contributed by atoms with Crippen molar-refractivity contribution in [3.05, 3.63) is 41.6 Å². The summed E-state index contributed by atoms with van der Waals surface area (Å²) >= 11 is 1.72. The van der Waals surface area contributed by atoms with Crippen LogP contribution in [0.25, 0.3) is 5.69 Å². The molecule has 1 heterocycles. The van der Waals surface area contributed by atoms with Gasteiger partial charge < -0.3 is 5.73 Å². The molecule has 0 atom stereocenters. The standard InChI is InChI=1S/C13H17N3S/c1-10-12(8-9-14)13(17-2)16(15-10)11-6-4-3-5-7-11/h3-7H,8-9,14H2,1-2H3. The third-order valence-electron chi connectivity index (χ3n) is 2.73. The summed E-state index contributed by atoms with van der Waals surface area (Å²) in [5, 5.41) is 5.80. The zero-order valence-electron chi connectivity index (χ0n) is 10.2. The molecule has 0 aliphatic heterocycles. The van der Waals surface area contributed by atoms with Gasteiger partial charge in [0, 0.05) is 5.56 Å². The lowest BCUT2D eigenvalue weighted by atomic mass is 10.2. The van der Waals surface area contributed by atoms with Crippen molar-refractivity contribution in [1.82, 2.24) is 9.78 Å². The number of rotatable bonds is 4. The minimum absolute atomic E-state index is 0.662. The highest BCUT2D eigenvalue weighted by atomic mass is 32.2. The van der Waals surface area contributed by atoms with Crippen molar-refractivity contribution in [2.24, 2.45) is 5.73 Å². The normalized spacial score (nSPS) is 10.8. The minimum atomic E-state index is 0.662. The van der Waals surface area contributed by atoms with Gasteiger partial charge in [0.2, 0.25) is 0 Å². The fraction of sp³-hybridized carbons (Fsp3) is 0.308. The van der Waals surface area contributed by atoms with Crippen molar-refractivity contribution in [2.45, 2.75) is 18.4 Å². The predicted molar refractivity (Wildman–Crippen MR) is 72.8 cm³/mol. The highest BCUT2D eigenvalue weighted by molar-refractivity contribution is 7.98. The van der Waals surface area contributed by atoms with Gasteiger partial charge in [0.05, 0.1) is 11.4 Å². The number of hydrogen-bond donors (Lipinski definition) is 1. The second kappa shape index (κ2) is 5.38. The molecule has 0 saturated carbocycles. The summed E-state index contributed by atoms with van der Waals surface area (Å²) in [6.45, 7) is 2.71. The molecule has 2 rings (SSSR count). The quantitative estimate of drug-likeness (QED) is 0.844. The molecule has 4 heteroatoms. The summed E-state index contributed by atoms with van der Waals surface area (Å²) in [6, 6.07) is 10.2. The predicted octanol–water partition coefficient (Wildman–Crippen LogP) is 2.40. The van der Waals surface area contributed by atoms with Crippen LogP contribution in [0.3, 0.4) is 0 Å². The first-order chi connectivity index (χ1) is 8.27. The van der Waals surface area contributed by atoms with Crippen LogP contribution in [0.1, 0.15) is 11.3 Å². The molecule has 0 aliphatic carbocycles. The van der Waals surface area contributed by atoms with E-state index in [9.17, 15) is 0 Å². The summed E-state index contributed by atoms with van der Waals surface area (Å²) in [5.41, 5.74) is 9.10. The molecule has 1 aromatic heterocycles. The first-order valence-electron chi connectivity index (χ1n) is 5.66. The molecule has 0 bridgehead atoms. The fourth-order valence-corrected chi connectivity index (χ4v) is 2.74. The Morgan fingerprint density at radius 2 is 2.00 bits per heavy atom. The van der Waals surface area contributed by atoms with E-state index in [4.69, 9.17) is 5.73 Å². The largest absolute Gasteiger partial charge is 0.330 e. The van der Waals surface area contributed by atoms with Crippen molar-refractivity contribution >= 4 is 11.8 Å². The molecular weight excluding hydrogens is 230 g/mol. The summed E-state index contributed by atoms with van der Waals surface area (Å²) in [4.78, 5) is 0. The molecule has 90 valence electrons. The Hall–Kier alpha value is -1.26. The van der Waals surface area contributed by atoms with Crippen LogP contribution in [-0.4, -0.2) is 22.6 Å². The Balaban J connectivity index is 2.52. The Morgan fingerprint density at radius 1 is 1.29 bits per heavy atom. The summed E-state index contributed by atoms with van der Waals surface area (Å²) in [6.07, 6.45) is 2.96. The molecule has 0 amide bonds. The topological polar surface area (TPSA) is 43.8 Å². The van der Waals surface area contributed by atoms with Crippen LogP contribution >= 0.6 is 11.8 Å². The third kappa shape index (κ3) is 2.37. The van der Waals surface area contributed by atoms with Crippen molar-refractivity contribution in [1.29, 1.82) is 0 Å².